The molecule has 0 radical (unpaired) electrons. The maximum atomic E-state index is 12.7. The van der Waals surface area contributed by atoms with Crippen molar-refractivity contribution in [1.29, 1.82) is 0 Å². The first kappa shape index (κ1) is 26.8. The molecule has 0 fully saturated rings. The van der Waals surface area contributed by atoms with Gasteiger partial charge in [0.25, 0.3) is 0 Å². The van der Waals surface area contributed by atoms with Crippen LogP contribution in [0.5, 0.6) is 17.2 Å². The molecule has 1 rings (SSSR count). The number of Topliss-reactive ketones (excluding diaryl/α,β-unsaturated/α-hetero) is 1. The number of allylic oxidation sites excluding steroid dienone is 4. The maximum absolute atomic E-state index is 12.7. The second-order valence-electron chi connectivity index (χ2n) is 9.51. The molecule has 0 aliphatic carbocycles. The first-order chi connectivity index (χ1) is 14.3. The molecule has 0 aliphatic rings. The van der Waals surface area contributed by atoms with E-state index in [4.69, 9.17) is 0 Å². The zero-order chi connectivity index (χ0) is 23.9. The van der Waals surface area contributed by atoms with E-state index < -0.39 is 11.4 Å². The van der Waals surface area contributed by atoms with Gasteiger partial charge in [0.15, 0.2) is 5.78 Å². The Balaban J connectivity index is 3.37. The van der Waals surface area contributed by atoms with Gasteiger partial charge in [0, 0.05) is 17.5 Å². The van der Waals surface area contributed by atoms with E-state index in [1.54, 1.807) is 20.8 Å². The Bertz CT molecular complexity index is 823. The lowest BCUT2D eigenvalue weighted by atomic mass is 9.83. The third-order valence-corrected chi connectivity index (χ3v) is 5.83. The van der Waals surface area contributed by atoms with Crippen LogP contribution in [-0.2, 0) is 6.42 Å². The van der Waals surface area contributed by atoms with Crippen LogP contribution in [0.1, 0.15) is 90.1 Å². The van der Waals surface area contributed by atoms with Crippen LogP contribution in [0.25, 0.3) is 0 Å². The SMILES string of the molecule is CC[C@H](C)C(=O)c1c(O)cc(O)c(CC(CCC(C)(C)O)/C(C)=C/CC=C(C)C)c1O. The van der Waals surface area contributed by atoms with E-state index in [0.717, 1.165) is 18.1 Å². The summed E-state index contributed by atoms with van der Waals surface area (Å²) in [6.07, 6.45) is 7.08. The minimum Gasteiger partial charge on any atom is -0.507 e. The predicted octanol–water partition coefficient (Wildman–Crippen LogP) is 6.04. The molecule has 0 saturated carbocycles. The van der Waals surface area contributed by atoms with Gasteiger partial charge >= 0.3 is 0 Å². The normalized spacial score (nSPS) is 14.3. The van der Waals surface area contributed by atoms with Crippen LogP contribution in [0.4, 0.5) is 0 Å². The van der Waals surface area contributed by atoms with Crippen molar-refractivity contribution in [2.45, 2.75) is 86.2 Å². The lowest BCUT2D eigenvalue weighted by Crippen LogP contribution is -2.21. The molecule has 1 aromatic carbocycles. The molecule has 31 heavy (non-hydrogen) atoms. The van der Waals surface area contributed by atoms with Crippen molar-refractivity contribution < 1.29 is 25.2 Å². The van der Waals surface area contributed by atoms with Gasteiger partial charge < -0.3 is 20.4 Å². The Morgan fingerprint density at radius 1 is 1.10 bits per heavy atom. The number of carbonyl (C=O) groups is 1. The fourth-order valence-electron chi connectivity index (χ4n) is 3.47. The summed E-state index contributed by atoms with van der Waals surface area (Å²) >= 11 is 0. The van der Waals surface area contributed by atoms with E-state index >= 15 is 0 Å². The van der Waals surface area contributed by atoms with Crippen molar-refractivity contribution in [1.82, 2.24) is 0 Å². The topological polar surface area (TPSA) is 98.0 Å². The number of benzene rings is 1. The Hall–Kier alpha value is -2.27. The van der Waals surface area contributed by atoms with Crippen molar-refractivity contribution in [2.24, 2.45) is 11.8 Å². The highest BCUT2D eigenvalue weighted by Crippen LogP contribution is 2.41. The molecule has 4 N–H and O–H groups in total. The van der Waals surface area contributed by atoms with E-state index in [1.165, 1.54) is 5.57 Å². The number of phenols is 3. The standard InChI is InChI=1S/C26H40O5/c1-8-17(4)24(29)23-22(28)15-21(27)20(25(23)30)14-19(12-13-26(6,7)31)18(5)11-9-10-16(2)3/h10-11,15,17,19,27-28,30-31H,8-9,12-14H2,1-7H3/b18-11+/t17-,19?/m0/s1. The molecule has 2 atom stereocenters. The summed E-state index contributed by atoms with van der Waals surface area (Å²) < 4.78 is 0. The van der Waals surface area contributed by atoms with Crippen LogP contribution < -0.4 is 0 Å². The van der Waals surface area contributed by atoms with Crippen molar-refractivity contribution in [3.05, 3.63) is 40.5 Å². The highest BCUT2D eigenvalue weighted by Gasteiger charge is 2.27. The second kappa shape index (κ2) is 11.4. The maximum Gasteiger partial charge on any atom is 0.173 e. The quantitative estimate of drug-likeness (QED) is 0.252. The summed E-state index contributed by atoms with van der Waals surface area (Å²) in [5, 5.41) is 41.8. The van der Waals surface area contributed by atoms with E-state index in [0.29, 0.717) is 25.7 Å². The van der Waals surface area contributed by atoms with Crippen molar-refractivity contribution in [3.63, 3.8) is 0 Å². The summed E-state index contributed by atoms with van der Waals surface area (Å²) in [5.41, 5.74) is 1.59. The minimum atomic E-state index is -0.838. The molecular formula is C26H40O5. The van der Waals surface area contributed by atoms with Crippen molar-refractivity contribution in [3.8, 4) is 17.2 Å². The molecule has 0 bridgehead atoms. The molecule has 0 spiro atoms. The highest BCUT2D eigenvalue weighted by atomic mass is 16.3. The summed E-state index contributed by atoms with van der Waals surface area (Å²) in [5.74, 6) is -1.75. The van der Waals surface area contributed by atoms with Gasteiger partial charge in [-0.1, -0.05) is 37.1 Å². The van der Waals surface area contributed by atoms with Gasteiger partial charge in [0.1, 0.15) is 22.8 Å². The molecular weight excluding hydrogens is 392 g/mol. The number of carbonyl (C=O) groups excluding carboxylic acids is 1. The summed E-state index contributed by atoms with van der Waals surface area (Å²) in [7, 11) is 0. The van der Waals surface area contributed by atoms with Crippen molar-refractivity contribution >= 4 is 5.78 Å². The number of rotatable bonds is 11. The fraction of sp³-hybridized carbons (Fsp3) is 0.577. The van der Waals surface area contributed by atoms with Gasteiger partial charge in [-0.2, -0.15) is 0 Å². The van der Waals surface area contributed by atoms with E-state index in [-0.39, 0.29) is 40.2 Å². The monoisotopic (exact) mass is 432 g/mol. The average molecular weight is 433 g/mol. The molecule has 0 amide bonds. The Morgan fingerprint density at radius 3 is 2.23 bits per heavy atom. The first-order valence-corrected chi connectivity index (χ1v) is 11.1. The Labute approximate surface area is 187 Å². The third-order valence-electron chi connectivity index (χ3n) is 5.83. The van der Waals surface area contributed by atoms with Gasteiger partial charge in [-0.3, -0.25) is 4.79 Å². The van der Waals surface area contributed by atoms with Gasteiger partial charge in [-0.15, -0.1) is 0 Å². The van der Waals surface area contributed by atoms with Crippen LogP contribution in [0.3, 0.4) is 0 Å². The van der Waals surface area contributed by atoms with Gasteiger partial charge in [0.2, 0.25) is 0 Å². The van der Waals surface area contributed by atoms with Gasteiger partial charge in [0.05, 0.1) is 5.60 Å². The number of phenolic OH excluding ortho intramolecular Hbond substituents is 3. The minimum absolute atomic E-state index is 0.0510. The number of aliphatic hydroxyl groups is 1. The number of ketones is 1. The molecule has 174 valence electrons. The number of aromatic hydroxyl groups is 3. The van der Waals surface area contributed by atoms with Crippen LogP contribution >= 0.6 is 0 Å². The van der Waals surface area contributed by atoms with Crippen LogP contribution in [0.15, 0.2) is 29.4 Å². The Morgan fingerprint density at radius 2 is 1.71 bits per heavy atom. The zero-order valence-corrected chi connectivity index (χ0v) is 20.1. The lowest BCUT2D eigenvalue weighted by molar-refractivity contribution is 0.0650. The van der Waals surface area contributed by atoms with Crippen LogP contribution in [-0.4, -0.2) is 31.8 Å². The summed E-state index contributed by atoms with van der Waals surface area (Å²) in [6.45, 7) is 13.2. The lowest BCUT2D eigenvalue weighted by Gasteiger charge is -2.24. The average Bonchev–Trinajstić information content (AvgIpc) is 2.65. The Kier molecular flexibility index (Phi) is 9.82. The fourth-order valence-corrected chi connectivity index (χ4v) is 3.47. The van der Waals surface area contributed by atoms with Crippen LogP contribution in [0.2, 0.25) is 0 Å². The predicted molar refractivity (Wildman–Crippen MR) is 126 cm³/mol. The smallest absolute Gasteiger partial charge is 0.173 e. The zero-order valence-electron chi connectivity index (χ0n) is 20.1. The first-order valence-electron chi connectivity index (χ1n) is 11.1. The molecule has 1 unspecified atom stereocenters. The molecule has 0 heterocycles. The molecule has 5 nitrogen and oxygen atoms in total. The van der Waals surface area contributed by atoms with E-state index in [9.17, 15) is 25.2 Å². The molecule has 0 aliphatic heterocycles. The second-order valence-corrected chi connectivity index (χ2v) is 9.51. The van der Waals surface area contributed by atoms with E-state index in [1.807, 2.05) is 27.7 Å². The number of hydrogen-bond donors (Lipinski definition) is 4. The summed E-state index contributed by atoms with van der Waals surface area (Å²) in [4.78, 5) is 12.7. The molecule has 0 saturated heterocycles. The summed E-state index contributed by atoms with van der Waals surface area (Å²) in [6, 6.07) is 1.14. The highest BCUT2D eigenvalue weighted by molar-refractivity contribution is 6.03. The molecule has 5 heteroatoms. The van der Waals surface area contributed by atoms with Gasteiger partial charge in [-0.05, 0) is 72.6 Å². The van der Waals surface area contributed by atoms with E-state index in [2.05, 4.69) is 12.2 Å². The number of hydrogen-bond acceptors (Lipinski definition) is 5. The van der Waals surface area contributed by atoms with Gasteiger partial charge in [-0.25, -0.2) is 0 Å². The largest absolute Gasteiger partial charge is 0.507 e. The van der Waals surface area contributed by atoms with Crippen molar-refractivity contribution in [2.75, 3.05) is 0 Å². The van der Waals surface area contributed by atoms with Crippen LogP contribution in [0, 0.1) is 11.8 Å². The molecule has 0 aromatic heterocycles. The molecule has 1 aromatic rings. The third kappa shape index (κ3) is 8.06.